The quantitative estimate of drug-likeness (QED) is 0.742. The average Bonchev–Trinajstić information content (AvgIpc) is 2.65. The molecule has 138 valence electrons. The molecule has 0 radical (unpaired) electrons. The van der Waals surface area contributed by atoms with Crippen LogP contribution in [0.2, 0.25) is 0 Å². The highest BCUT2D eigenvalue weighted by molar-refractivity contribution is 6.22. The van der Waals surface area contributed by atoms with E-state index in [1.54, 1.807) is 36.4 Å². The number of nitrogens with one attached hydrogen (secondary N) is 1. The minimum atomic E-state index is -4.74. The lowest BCUT2D eigenvalue weighted by Crippen LogP contribution is -2.41. The van der Waals surface area contributed by atoms with Gasteiger partial charge in [0.2, 0.25) is 0 Å². The lowest BCUT2D eigenvalue weighted by molar-refractivity contribution is -0.146. The van der Waals surface area contributed by atoms with E-state index in [9.17, 15) is 18.0 Å². The summed E-state index contributed by atoms with van der Waals surface area (Å²) in [5, 5.41) is 19.6. The summed E-state index contributed by atoms with van der Waals surface area (Å²) < 4.78 is 39.4. The van der Waals surface area contributed by atoms with E-state index in [1.807, 2.05) is 6.07 Å². The van der Waals surface area contributed by atoms with E-state index >= 15 is 0 Å². The van der Waals surface area contributed by atoms with Gasteiger partial charge in [-0.1, -0.05) is 18.2 Å². The first-order valence-corrected chi connectivity index (χ1v) is 8.20. The third-order valence-electron chi connectivity index (χ3n) is 4.20. The molecule has 2 N–H and O–H groups in total. The van der Waals surface area contributed by atoms with Crippen molar-refractivity contribution in [1.82, 2.24) is 0 Å². The topological polar surface area (TPSA) is 73.1 Å². The Morgan fingerprint density at radius 1 is 1.19 bits per heavy atom. The number of nitrogens with zero attached hydrogens (tertiary/aromatic N) is 1. The number of benzene rings is 2. The Kier molecular flexibility index (Phi) is 4.85. The molecule has 1 aliphatic heterocycles. The molecule has 3 rings (SSSR count). The molecule has 0 aromatic heterocycles. The molecule has 0 fully saturated rings. The largest absolute Gasteiger partial charge is 0.478 e. The maximum atomic E-state index is 13.1. The predicted octanol–water partition coefficient (Wildman–Crippen LogP) is 4.71. The van der Waals surface area contributed by atoms with Crippen LogP contribution in [0, 0.1) is 11.3 Å². The van der Waals surface area contributed by atoms with Crippen LogP contribution < -0.4 is 5.32 Å². The highest BCUT2D eigenvalue weighted by Crippen LogP contribution is 2.38. The third-order valence-corrected chi connectivity index (χ3v) is 4.70. The molecule has 0 aliphatic carbocycles. The molecule has 0 spiro atoms. The number of carboxylic acids is 1. The molecule has 4 nitrogen and oxygen atoms in total. The van der Waals surface area contributed by atoms with Crippen molar-refractivity contribution in [3.8, 4) is 6.07 Å². The summed E-state index contributed by atoms with van der Waals surface area (Å²) in [7, 11) is 0. The van der Waals surface area contributed by atoms with Crippen molar-refractivity contribution in [2.24, 2.45) is 0 Å². The Bertz CT molecular complexity index is 962. The van der Waals surface area contributed by atoms with Gasteiger partial charge in [-0.05, 0) is 47.0 Å². The van der Waals surface area contributed by atoms with Crippen molar-refractivity contribution in [2.45, 2.75) is 17.6 Å². The van der Waals surface area contributed by atoms with Gasteiger partial charge < -0.3 is 10.4 Å². The number of hydrogen-bond acceptors (Lipinski definition) is 3. The monoisotopic (exact) mass is 392 g/mol. The zero-order chi connectivity index (χ0) is 19.8. The summed E-state index contributed by atoms with van der Waals surface area (Å²) in [6, 6.07) is 10.9. The van der Waals surface area contributed by atoms with Crippen molar-refractivity contribution in [3.63, 3.8) is 0 Å². The van der Waals surface area contributed by atoms with Crippen molar-refractivity contribution < 1.29 is 23.1 Å². The predicted molar refractivity (Wildman–Crippen MR) is 94.4 cm³/mol. The normalized spacial score (nSPS) is 17.1. The van der Waals surface area contributed by atoms with Crippen molar-refractivity contribution >= 4 is 29.3 Å². The molecule has 0 saturated heterocycles. The van der Waals surface area contributed by atoms with E-state index in [2.05, 4.69) is 5.32 Å². The fourth-order valence-corrected chi connectivity index (χ4v) is 3.12. The summed E-state index contributed by atoms with van der Waals surface area (Å²) in [5.41, 5.74) is 1.48. The van der Waals surface area contributed by atoms with Crippen LogP contribution in [0.25, 0.3) is 6.08 Å². The first-order valence-electron chi connectivity index (χ1n) is 7.77. The highest BCUT2D eigenvalue weighted by atomic mass is 35.5. The molecule has 2 aromatic rings. The Morgan fingerprint density at radius 2 is 1.81 bits per heavy atom. The Balaban J connectivity index is 1.98. The number of aliphatic carboxylic acids is 1. The minimum Gasteiger partial charge on any atom is -0.478 e. The third kappa shape index (κ3) is 3.76. The number of halogens is 4. The van der Waals surface area contributed by atoms with Crippen molar-refractivity contribution in [2.75, 3.05) is 5.32 Å². The molecule has 2 atom stereocenters. The van der Waals surface area contributed by atoms with E-state index in [0.29, 0.717) is 22.3 Å². The molecule has 0 saturated carbocycles. The molecular weight excluding hydrogens is 381 g/mol. The molecule has 1 heterocycles. The van der Waals surface area contributed by atoms with Crippen LogP contribution in [-0.4, -0.2) is 23.3 Å². The van der Waals surface area contributed by atoms with E-state index < -0.39 is 29.1 Å². The highest BCUT2D eigenvalue weighted by Gasteiger charge is 2.46. The van der Waals surface area contributed by atoms with Gasteiger partial charge in [-0.2, -0.15) is 18.4 Å². The summed E-state index contributed by atoms with van der Waals surface area (Å²) in [6.07, 6.45) is -3.73. The number of nitriles is 1. The van der Waals surface area contributed by atoms with Crippen molar-refractivity contribution in [1.29, 1.82) is 5.26 Å². The zero-order valence-electron chi connectivity index (χ0n) is 13.6. The van der Waals surface area contributed by atoms with Crippen molar-refractivity contribution in [3.05, 3.63) is 70.3 Å². The van der Waals surface area contributed by atoms with Gasteiger partial charge >= 0.3 is 12.1 Å². The minimum absolute atomic E-state index is 0.176. The number of carboxylic acid groups (broad SMARTS) is 1. The van der Waals surface area contributed by atoms with Crippen LogP contribution in [-0.2, 0) is 4.79 Å². The summed E-state index contributed by atoms with van der Waals surface area (Å²) >= 11 is 6.45. The summed E-state index contributed by atoms with van der Waals surface area (Å²) in [6.45, 7) is 0. The van der Waals surface area contributed by atoms with Gasteiger partial charge in [-0.15, -0.1) is 11.6 Å². The lowest BCUT2D eigenvalue weighted by Gasteiger charge is -2.28. The molecule has 27 heavy (non-hydrogen) atoms. The first-order chi connectivity index (χ1) is 12.7. The number of fused-ring (bicyclic) bond motifs is 1. The Morgan fingerprint density at radius 3 is 2.37 bits per heavy atom. The van der Waals surface area contributed by atoms with Gasteiger partial charge in [0.25, 0.3) is 0 Å². The molecule has 0 bridgehead atoms. The van der Waals surface area contributed by atoms with E-state index in [0.717, 1.165) is 6.08 Å². The van der Waals surface area contributed by atoms with Gasteiger partial charge in [0.15, 0.2) is 6.04 Å². The van der Waals surface area contributed by atoms with Gasteiger partial charge in [0.05, 0.1) is 22.6 Å². The SMILES string of the molecule is N#Cc1ccc(C(Cl)c2ccc3c(c2)C=C(C(=O)O)[C@@H](C(F)(F)F)N3)cc1. The molecule has 1 aliphatic rings. The number of alkyl halides is 4. The van der Waals surface area contributed by atoms with Crippen LogP contribution in [0.5, 0.6) is 0 Å². The number of rotatable bonds is 3. The fourth-order valence-electron chi connectivity index (χ4n) is 2.84. The van der Waals surface area contributed by atoms with Crippen LogP contribution in [0.3, 0.4) is 0 Å². The standard InChI is InChI=1S/C19H12ClF3N2O2/c20-16(11-3-1-10(9-24)2-4-11)12-5-6-15-13(7-12)8-14(18(26)27)17(25-15)19(21,22)23/h1-8,16-17,25H,(H,26,27)/t16?,17-/m0/s1. The molecule has 0 amide bonds. The van der Waals surface area contributed by atoms with Crippen LogP contribution >= 0.6 is 11.6 Å². The van der Waals surface area contributed by atoms with E-state index in [1.165, 1.54) is 6.07 Å². The number of hydrogen-bond donors (Lipinski definition) is 2. The first kappa shape index (κ1) is 18.8. The molecule has 2 aromatic carbocycles. The number of carbonyl (C=O) groups is 1. The number of anilines is 1. The maximum absolute atomic E-state index is 13.1. The Hall–Kier alpha value is -2.98. The maximum Gasteiger partial charge on any atom is 0.413 e. The van der Waals surface area contributed by atoms with E-state index in [-0.39, 0.29) is 5.69 Å². The van der Waals surface area contributed by atoms with Crippen LogP contribution in [0.4, 0.5) is 18.9 Å². The summed E-state index contributed by atoms with van der Waals surface area (Å²) in [4.78, 5) is 11.3. The van der Waals surface area contributed by atoms with Gasteiger partial charge in [-0.25, -0.2) is 4.79 Å². The fraction of sp³-hybridized carbons (Fsp3) is 0.158. The Labute approximate surface area is 157 Å². The molecular formula is C19H12ClF3N2O2. The van der Waals surface area contributed by atoms with Crippen LogP contribution in [0.15, 0.2) is 48.0 Å². The molecule has 8 heteroatoms. The lowest BCUT2D eigenvalue weighted by atomic mass is 9.94. The zero-order valence-corrected chi connectivity index (χ0v) is 14.3. The van der Waals surface area contributed by atoms with Crippen LogP contribution in [0.1, 0.15) is 27.6 Å². The smallest absolute Gasteiger partial charge is 0.413 e. The second-order valence-electron chi connectivity index (χ2n) is 5.97. The van der Waals surface area contributed by atoms with Gasteiger partial charge in [0, 0.05) is 5.69 Å². The van der Waals surface area contributed by atoms with E-state index in [4.69, 9.17) is 22.0 Å². The second-order valence-corrected chi connectivity index (χ2v) is 6.40. The average molecular weight is 393 g/mol. The molecule has 1 unspecified atom stereocenters. The second kappa shape index (κ2) is 6.97. The van der Waals surface area contributed by atoms with Gasteiger partial charge in [-0.3, -0.25) is 0 Å². The summed E-state index contributed by atoms with van der Waals surface area (Å²) in [5.74, 6) is -1.64. The van der Waals surface area contributed by atoms with Gasteiger partial charge in [0.1, 0.15) is 0 Å².